The first-order chi connectivity index (χ1) is 7.08. The van der Waals surface area contributed by atoms with E-state index in [-0.39, 0.29) is 10.8 Å². The molecule has 1 aromatic carbocycles. The van der Waals surface area contributed by atoms with Crippen molar-refractivity contribution in [3.8, 4) is 0 Å². The molecule has 1 aliphatic rings. The summed E-state index contributed by atoms with van der Waals surface area (Å²) in [5, 5.41) is 6.71. The Balaban J connectivity index is 2.30. The molecular weight excluding hydrogens is 215 g/mol. The molecule has 0 saturated carbocycles. The predicted molar refractivity (Wildman–Crippen MR) is 62.1 cm³/mol. The van der Waals surface area contributed by atoms with Gasteiger partial charge in [0.15, 0.2) is 0 Å². The van der Waals surface area contributed by atoms with Crippen LogP contribution in [0.5, 0.6) is 0 Å². The molecule has 1 aliphatic heterocycles. The van der Waals surface area contributed by atoms with Crippen LogP contribution >= 0.6 is 11.6 Å². The molecule has 1 heterocycles. The zero-order chi connectivity index (χ0) is 11.0. The number of hydrogen-bond donors (Lipinski definition) is 2. The van der Waals surface area contributed by atoms with Gasteiger partial charge in [-0.3, -0.25) is 0 Å². The van der Waals surface area contributed by atoms with Gasteiger partial charge in [0, 0.05) is 18.7 Å². The van der Waals surface area contributed by atoms with Crippen molar-refractivity contribution in [2.24, 2.45) is 5.92 Å². The molecule has 4 heteroatoms. The van der Waals surface area contributed by atoms with Gasteiger partial charge in [-0.1, -0.05) is 25.4 Å². The van der Waals surface area contributed by atoms with E-state index >= 15 is 0 Å². The van der Waals surface area contributed by atoms with Crippen molar-refractivity contribution in [2.75, 3.05) is 17.2 Å². The third-order valence-electron chi connectivity index (χ3n) is 2.72. The second-order valence-electron chi connectivity index (χ2n) is 4.19. The summed E-state index contributed by atoms with van der Waals surface area (Å²) >= 11 is 5.73. The van der Waals surface area contributed by atoms with Gasteiger partial charge in [0.05, 0.1) is 16.4 Å². The molecule has 2 N–H and O–H groups in total. The fourth-order valence-electron chi connectivity index (χ4n) is 1.69. The van der Waals surface area contributed by atoms with Gasteiger partial charge < -0.3 is 10.6 Å². The minimum Gasteiger partial charge on any atom is -0.381 e. The Morgan fingerprint density at radius 2 is 2.13 bits per heavy atom. The molecule has 0 fully saturated rings. The maximum Gasteiger partial charge on any atom is 0.143 e. The van der Waals surface area contributed by atoms with Gasteiger partial charge in [-0.25, -0.2) is 4.39 Å². The first-order valence-corrected chi connectivity index (χ1v) is 5.45. The quantitative estimate of drug-likeness (QED) is 0.771. The minimum absolute atomic E-state index is 0.160. The second-order valence-corrected chi connectivity index (χ2v) is 4.59. The van der Waals surface area contributed by atoms with Crippen LogP contribution in [0.25, 0.3) is 0 Å². The van der Waals surface area contributed by atoms with E-state index in [1.54, 1.807) is 6.07 Å². The Morgan fingerprint density at radius 3 is 2.80 bits per heavy atom. The van der Waals surface area contributed by atoms with E-state index in [9.17, 15) is 4.39 Å². The van der Waals surface area contributed by atoms with Crippen LogP contribution in [-0.2, 0) is 0 Å². The zero-order valence-corrected chi connectivity index (χ0v) is 9.53. The van der Waals surface area contributed by atoms with Crippen molar-refractivity contribution in [1.29, 1.82) is 0 Å². The molecule has 0 aromatic heterocycles. The highest BCUT2D eigenvalue weighted by Crippen LogP contribution is 2.32. The Labute approximate surface area is 93.8 Å². The van der Waals surface area contributed by atoms with Crippen molar-refractivity contribution < 1.29 is 4.39 Å². The smallest absolute Gasteiger partial charge is 0.143 e. The molecule has 0 aliphatic carbocycles. The van der Waals surface area contributed by atoms with Gasteiger partial charge in [0.2, 0.25) is 0 Å². The molecule has 0 radical (unpaired) electrons. The van der Waals surface area contributed by atoms with Crippen LogP contribution < -0.4 is 10.6 Å². The van der Waals surface area contributed by atoms with Crippen LogP contribution in [-0.4, -0.2) is 12.6 Å². The lowest BCUT2D eigenvalue weighted by Gasteiger charge is -2.31. The van der Waals surface area contributed by atoms with Gasteiger partial charge in [0.25, 0.3) is 0 Å². The fourth-order valence-corrected chi connectivity index (χ4v) is 1.85. The summed E-state index contributed by atoms with van der Waals surface area (Å²) in [7, 11) is 0. The Morgan fingerprint density at radius 1 is 1.40 bits per heavy atom. The van der Waals surface area contributed by atoms with Crippen molar-refractivity contribution >= 4 is 23.0 Å². The summed E-state index contributed by atoms with van der Waals surface area (Å²) in [5.74, 6) is 0.141. The average Bonchev–Trinajstić information content (AvgIpc) is 2.19. The monoisotopic (exact) mass is 228 g/mol. The molecule has 2 nitrogen and oxygen atoms in total. The molecule has 15 heavy (non-hydrogen) atoms. The molecule has 0 amide bonds. The first kappa shape index (κ1) is 10.6. The molecule has 2 rings (SSSR count). The number of anilines is 2. The highest BCUT2D eigenvalue weighted by Gasteiger charge is 2.20. The molecule has 1 atom stereocenters. The number of hydrogen-bond acceptors (Lipinski definition) is 2. The van der Waals surface area contributed by atoms with Gasteiger partial charge in [-0.2, -0.15) is 0 Å². The first-order valence-electron chi connectivity index (χ1n) is 5.07. The van der Waals surface area contributed by atoms with E-state index in [2.05, 4.69) is 24.5 Å². The predicted octanol–water partition coefficient (Wildman–Crippen LogP) is 3.34. The summed E-state index contributed by atoms with van der Waals surface area (Å²) in [5.41, 5.74) is 1.67. The van der Waals surface area contributed by atoms with Crippen LogP contribution in [0, 0.1) is 11.7 Å². The van der Waals surface area contributed by atoms with Gasteiger partial charge >= 0.3 is 0 Å². The van der Waals surface area contributed by atoms with Crippen molar-refractivity contribution in [3.63, 3.8) is 0 Å². The van der Waals surface area contributed by atoms with E-state index < -0.39 is 0 Å². The molecule has 0 saturated heterocycles. The number of fused-ring (bicyclic) bond motifs is 1. The van der Waals surface area contributed by atoms with Crippen LogP contribution in [0.1, 0.15) is 13.8 Å². The summed E-state index contributed by atoms with van der Waals surface area (Å²) in [6.45, 7) is 5.11. The van der Waals surface area contributed by atoms with E-state index in [4.69, 9.17) is 11.6 Å². The van der Waals surface area contributed by atoms with Crippen LogP contribution in [0.15, 0.2) is 12.1 Å². The maximum absolute atomic E-state index is 13.2. The van der Waals surface area contributed by atoms with Crippen LogP contribution in [0.2, 0.25) is 5.02 Å². The third-order valence-corrected chi connectivity index (χ3v) is 3.01. The Kier molecular flexibility index (Phi) is 2.74. The van der Waals surface area contributed by atoms with E-state index in [1.807, 2.05) is 0 Å². The largest absolute Gasteiger partial charge is 0.381 e. The van der Waals surface area contributed by atoms with E-state index in [0.29, 0.717) is 12.0 Å². The lowest BCUT2D eigenvalue weighted by atomic mass is 10.0. The minimum atomic E-state index is -0.382. The summed E-state index contributed by atoms with van der Waals surface area (Å²) < 4.78 is 13.2. The average molecular weight is 229 g/mol. The SMILES string of the molecule is CC(C)C1CNc2cc(F)c(Cl)cc2N1. The zero-order valence-electron chi connectivity index (χ0n) is 8.77. The molecule has 0 bridgehead atoms. The highest BCUT2D eigenvalue weighted by molar-refractivity contribution is 6.31. The van der Waals surface area contributed by atoms with Gasteiger partial charge in [0.1, 0.15) is 5.82 Å². The molecule has 1 aromatic rings. The summed E-state index contributed by atoms with van der Waals surface area (Å²) in [6.07, 6.45) is 0. The van der Waals surface area contributed by atoms with Crippen molar-refractivity contribution in [1.82, 2.24) is 0 Å². The molecule has 1 unspecified atom stereocenters. The lowest BCUT2D eigenvalue weighted by molar-refractivity contribution is 0.536. The lowest BCUT2D eigenvalue weighted by Crippen LogP contribution is -2.37. The van der Waals surface area contributed by atoms with Crippen molar-refractivity contribution in [2.45, 2.75) is 19.9 Å². The Bertz CT molecular complexity index is 379. The summed E-state index contributed by atoms with van der Waals surface area (Å²) in [6, 6.07) is 3.42. The maximum atomic E-state index is 13.2. The third kappa shape index (κ3) is 2.02. The fraction of sp³-hybridized carbons (Fsp3) is 0.455. The standard InChI is InChI=1S/C11H14ClFN2/c1-6(2)11-5-14-9-4-8(13)7(12)3-10(9)15-11/h3-4,6,11,14-15H,5H2,1-2H3. The molecule has 82 valence electrons. The highest BCUT2D eigenvalue weighted by atomic mass is 35.5. The normalized spacial score (nSPS) is 19.4. The van der Waals surface area contributed by atoms with Crippen LogP contribution in [0.4, 0.5) is 15.8 Å². The van der Waals surface area contributed by atoms with Gasteiger partial charge in [-0.15, -0.1) is 0 Å². The number of halogens is 2. The number of benzene rings is 1. The molecule has 0 spiro atoms. The summed E-state index contributed by atoms with van der Waals surface area (Å²) in [4.78, 5) is 0. The second kappa shape index (κ2) is 3.89. The number of nitrogens with one attached hydrogen (secondary N) is 2. The van der Waals surface area contributed by atoms with E-state index in [0.717, 1.165) is 17.9 Å². The van der Waals surface area contributed by atoms with Crippen LogP contribution in [0.3, 0.4) is 0 Å². The van der Waals surface area contributed by atoms with E-state index in [1.165, 1.54) is 6.07 Å². The topological polar surface area (TPSA) is 24.1 Å². The van der Waals surface area contributed by atoms with Crippen molar-refractivity contribution in [3.05, 3.63) is 23.0 Å². The molecular formula is C11H14ClFN2. The Hall–Kier alpha value is -0.960. The van der Waals surface area contributed by atoms with Gasteiger partial charge in [-0.05, 0) is 12.0 Å². The number of rotatable bonds is 1.